The number of carbonyl (C=O) groups excluding carboxylic acids is 1. The predicted molar refractivity (Wildman–Crippen MR) is 88.5 cm³/mol. The van der Waals surface area contributed by atoms with Gasteiger partial charge in [-0.05, 0) is 45.2 Å². The van der Waals surface area contributed by atoms with Crippen LogP contribution in [0.5, 0.6) is 5.75 Å². The van der Waals surface area contributed by atoms with Crippen LogP contribution in [0.2, 0.25) is 0 Å². The van der Waals surface area contributed by atoms with E-state index in [1.165, 1.54) is 0 Å². The molecule has 1 atom stereocenters. The third kappa shape index (κ3) is 6.80. The summed E-state index contributed by atoms with van der Waals surface area (Å²) in [5.74, 6) is 0.897. The number of aryl methyl sites for hydroxylation is 2. The number of carbonyl (C=O) groups is 1. The molecule has 0 bridgehead atoms. The van der Waals surface area contributed by atoms with Crippen LogP contribution in [0.25, 0.3) is 0 Å². The number of hydrogen-bond acceptors (Lipinski definition) is 3. The lowest BCUT2D eigenvalue weighted by Crippen LogP contribution is -2.43. The summed E-state index contributed by atoms with van der Waals surface area (Å²) >= 11 is 0. The lowest BCUT2D eigenvalue weighted by atomic mass is 10.1. The Morgan fingerprint density at radius 2 is 1.95 bits per heavy atom. The van der Waals surface area contributed by atoms with E-state index in [9.17, 15) is 4.79 Å². The normalized spacial score (nSPS) is 11.8. The van der Waals surface area contributed by atoms with Crippen LogP contribution in [0.4, 0.5) is 4.79 Å². The number of ether oxygens (including phenoxy) is 2. The van der Waals surface area contributed by atoms with Crippen molar-refractivity contribution in [1.82, 2.24) is 10.6 Å². The van der Waals surface area contributed by atoms with Crippen molar-refractivity contribution >= 4 is 6.03 Å². The minimum absolute atomic E-state index is 0.0640. The van der Waals surface area contributed by atoms with Crippen molar-refractivity contribution in [2.45, 2.75) is 40.2 Å². The van der Waals surface area contributed by atoms with Crippen LogP contribution >= 0.6 is 0 Å². The summed E-state index contributed by atoms with van der Waals surface area (Å²) in [5.41, 5.74) is 2.21. The number of urea groups is 1. The van der Waals surface area contributed by atoms with E-state index in [1.54, 1.807) is 0 Å². The topological polar surface area (TPSA) is 59.6 Å². The number of nitrogens with one attached hydrogen (secondary N) is 2. The van der Waals surface area contributed by atoms with E-state index >= 15 is 0 Å². The van der Waals surface area contributed by atoms with Gasteiger partial charge in [-0.3, -0.25) is 0 Å². The molecule has 0 aliphatic rings. The van der Waals surface area contributed by atoms with Gasteiger partial charge in [0.25, 0.3) is 0 Å². The van der Waals surface area contributed by atoms with Crippen molar-refractivity contribution in [3.05, 3.63) is 29.3 Å². The SMILES string of the molecule is CCOCCCNC(=O)NC(C)COc1c(C)cccc1C. The maximum atomic E-state index is 11.7. The Balaban J connectivity index is 2.25. The maximum absolute atomic E-state index is 11.7. The Labute approximate surface area is 133 Å². The van der Waals surface area contributed by atoms with Gasteiger partial charge in [0.2, 0.25) is 0 Å². The maximum Gasteiger partial charge on any atom is 0.315 e. The molecule has 124 valence electrons. The standard InChI is InChI=1S/C17H28N2O3/c1-5-21-11-7-10-18-17(20)19-15(4)12-22-16-13(2)8-6-9-14(16)3/h6,8-9,15H,5,7,10-12H2,1-4H3,(H2,18,19,20). The van der Waals surface area contributed by atoms with Gasteiger partial charge in [-0.2, -0.15) is 0 Å². The van der Waals surface area contributed by atoms with Crippen LogP contribution in [0.1, 0.15) is 31.4 Å². The first kappa shape index (κ1) is 18.3. The monoisotopic (exact) mass is 308 g/mol. The minimum Gasteiger partial charge on any atom is -0.491 e. The highest BCUT2D eigenvalue weighted by Gasteiger charge is 2.09. The Bertz CT molecular complexity index is 443. The first-order valence-corrected chi connectivity index (χ1v) is 7.85. The number of amides is 2. The molecular weight excluding hydrogens is 280 g/mol. The molecular formula is C17H28N2O3. The van der Waals surface area contributed by atoms with Gasteiger partial charge in [0.05, 0.1) is 6.04 Å². The molecule has 5 nitrogen and oxygen atoms in total. The summed E-state index contributed by atoms with van der Waals surface area (Å²) in [7, 11) is 0. The first-order chi connectivity index (χ1) is 10.5. The Morgan fingerprint density at radius 3 is 2.59 bits per heavy atom. The fraction of sp³-hybridized carbons (Fsp3) is 0.588. The van der Waals surface area contributed by atoms with Gasteiger partial charge in [0, 0.05) is 19.8 Å². The van der Waals surface area contributed by atoms with E-state index < -0.39 is 0 Å². The molecule has 1 aromatic carbocycles. The highest BCUT2D eigenvalue weighted by atomic mass is 16.5. The zero-order valence-corrected chi connectivity index (χ0v) is 14.1. The average molecular weight is 308 g/mol. The van der Waals surface area contributed by atoms with Gasteiger partial charge in [-0.15, -0.1) is 0 Å². The fourth-order valence-corrected chi connectivity index (χ4v) is 2.07. The quantitative estimate of drug-likeness (QED) is 0.690. The van der Waals surface area contributed by atoms with Crippen LogP contribution in [-0.4, -0.2) is 38.4 Å². The highest BCUT2D eigenvalue weighted by molar-refractivity contribution is 5.74. The third-order valence-corrected chi connectivity index (χ3v) is 3.22. The highest BCUT2D eigenvalue weighted by Crippen LogP contribution is 2.22. The summed E-state index contributed by atoms with van der Waals surface area (Å²) in [6.07, 6.45) is 0.814. The molecule has 5 heteroatoms. The molecule has 22 heavy (non-hydrogen) atoms. The molecule has 0 fully saturated rings. The summed E-state index contributed by atoms with van der Waals surface area (Å²) in [6.45, 7) is 10.3. The van der Waals surface area contributed by atoms with E-state index in [-0.39, 0.29) is 12.1 Å². The Kier molecular flexibility index (Phi) is 8.36. The van der Waals surface area contributed by atoms with Crippen LogP contribution in [0, 0.1) is 13.8 Å². The van der Waals surface area contributed by atoms with Crippen molar-refractivity contribution < 1.29 is 14.3 Å². The summed E-state index contributed by atoms with van der Waals surface area (Å²) in [6, 6.07) is 5.81. The van der Waals surface area contributed by atoms with Crippen molar-refractivity contribution in [3.63, 3.8) is 0 Å². The smallest absolute Gasteiger partial charge is 0.315 e. The second-order valence-corrected chi connectivity index (χ2v) is 5.38. The van der Waals surface area contributed by atoms with Gasteiger partial charge in [0.15, 0.2) is 0 Å². The Hall–Kier alpha value is -1.75. The van der Waals surface area contributed by atoms with E-state index in [4.69, 9.17) is 9.47 Å². The average Bonchev–Trinajstić information content (AvgIpc) is 2.46. The molecule has 0 saturated carbocycles. The van der Waals surface area contributed by atoms with Gasteiger partial charge in [-0.1, -0.05) is 18.2 Å². The van der Waals surface area contributed by atoms with Crippen molar-refractivity contribution in [2.75, 3.05) is 26.4 Å². The summed E-state index contributed by atoms with van der Waals surface area (Å²) < 4.78 is 11.0. The van der Waals surface area contributed by atoms with Gasteiger partial charge in [0.1, 0.15) is 12.4 Å². The van der Waals surface area contributed by atoms with E-state index in [0.717, 1.165) is 23.3 Å². The molecule has 0 saturated heterocycles. The molecule has 0 aromatic heterocycles. The van der Waals surface area contributed by atoms with Crippen molar-refractivity contribution in [2.24, 2.45) is 0 Å². The first-order valence-electron chi connectivity index (χ1n) is 7.85. The molecule has 0 radical (unpaired) electrons. The number of benzene rings is 1. The fourth-order valence-electron chi connectivity index (χ4n) is 2.07. The third-order valence-electron chi connectivity index (χ3n) is 3.22. The second-order valence-electron chi connectivity index (χ2n) is 5.38. The van der Waals surface area contributed by atoms with Crippen LogP contribution in [0.3, 0.4) is 0 Å². The van der Waals surface area contributed by atoms with Crippen molar-refractivity contribution in [3.8, 4) is 5.75 Å². The number of para-hydroxylation sites is 1. The van der Waals surface area contributed by atoms with Crippen LogP contribution in [-0.2, 0) is 4.74 Å². The van der Waals surface area contributed by atoms with E-state index in [2.05, 4.69) is 10.6 Å². The Morgan fingerprint density at radius 1 is 1.27 bits per heavy atom. The zero-order chi connectivity index (χ0) is 16.4. The van der Waals surface area contributed by atoms with Crippen LogP contribution < -0.4 is 15.4 Å². The van der Waals surface area contributed by atoms with Gasteiger partial charge in [-0.25, -0.2) is 4.79 Å². The number of hydrogen-bond donors (Lipinski definition) is 2. The van der Waals surface area contributed by atoms with Crippen molar-refractivity contribution in [1.29, 1.82) is 0 Å². The lowest BCUT2D eigenvalue weighted by molar-refractivity contribution is 0.145. The largest absolute Gasteiger partial charge is 0.491 e. The molecule has 1 rings (SSSR count). The minimum atomic E-state index is -0.172. The zero-order valence-electron chi connectivity index (χ0n) is 14.1. The van der Waals surface area contributed by atoms with Gasteiger partial charge >= 0.3 is 6.03 Å². The van der Waals surface area contributed by atoms with E-state index in [1.807, 2.05) is 45.9 Å². The molecule has 0 aliphatic carbocycles. The lowest BCUT2D eigenvalue weighted by Gasteiger charge is -2.17. The van der Waals surface area contributed by atoms with Crippen LogP contribution in [0.15, 0.2) is 18.2 Å². The van der Waals surface area contributed by atoms with Gasteiger partial charge < -0.3 is 20.1 Å². The molecule has 1 unspecified atom stereocenters. The predicted octanol–water partition coefficient (Wildman–Crippen LogP) is 2.80. The summed E-state index contributed by atoms with van der Waals surface area (Å²) in [4.78, 5) is 11.7. The molecule has 2 N–H and O–H groups in total. The molecule has 1 aromatic rings. The second kappa shape index (κ2) is 10.1. The summed E-state index contributed by atoms with van der Waals surface area (Å²) in [5, 5.41) is 5.67. The molecule has 0 aliphatic heterocycles. The molecule has 0 heterocycles. The molecule has 0 spiro atoms. The van der Waals surface area contributed by atoms with E-state index in [0.29, 0.717) is 26.4 Å². The molecule has 2 amide bonds. The number of rotatable bonds is 9.